The highest BCUT2D eigenvalue weighted by Crippen LogP contribution is 2.27. The molecule has 0 aromatic heterocycles. The summed E-state index contributed by atoms with van der Waals surface area (Å²) in [6.45, 7) is 3.89. The first-order chi connectivity index (χ1) is 8.13. The third kappa shape index (κ3) is 3.20. The maximum atomic E-state index is 12.0. The van der Waals surface area contributed by atoms with E-state index in [2.05, 4.69) is 12.2 Å². The number of rotatable bonds is 3. The van der Waals surface area contributed by atoms with Gasteiger partial charge < -0.3 is 5.32 Å². The molecule has 1 aliphatic heterocycles. The van der Waals surface area contributed by atoms with Crippen molar-refractivity contribution in [1.29, 1.82) is 0 Å². The summed E-state index contributed by atoms with van der Waals surface area (Å²) in [5, 5.41) is 3.46. The molecule has 2 fully saturated rings. The lowest BCUT2D eigenvalue weighted by molar-refractivity contribution is 0.219. The third-order valence-corrected chi connectivity index (χ3v) is 5.98. The smallest absolute Gasteiger partial charge is 0.214 e. The highest BCUT2D eigenvalue weighted by Gasteiger charge is 2.34. The molecule has 0 bridgehead atoms. The molecule has 17 heavy (non-hydrogen) atoms. The molecule has 100 valence electrons. The molecule has 4 nitrogen and oxygen atoms in total. The van der Waals surface area contributed by atoms with Crippen molar-refractivity contribution in [1.82, 2.24) is 9.62 Å². The van der Waals surface area contributed by atoms with Crippen molar-refractivity contribution in [3.05, 3.63) is 0 Å². The number of sulfonamides is 1. The van der Waals surface area contributed by atoms with E-state index in [1.54, 1.807) is 4.31 Å². The molecule has 0 amide bonds. The fraction of sp³-hybridized carbons (Fsp3) is 1.00. The molecule has 0 radical (unpaired) electrons. The van der Waals surface area contributed by atoms with Gasteiger partial charge in [0.05, 0.1) is 5.75 Å². The van der Waals surface area contributed by atoms with E-state index >= 15 is 0 Å². The van der Waals surface area contributed by atoms with Crippen LogP contribution in [0.15, 0.2) is 0 Å². The van der Waals surface area contributed by atoms with Crippen molar-refractivity contribution in [2.75, 3.05) is 18.8 Å². The van der Waals surface area contributed by atoms with E-state index in [0.717, 1.165) is 51.6 Å². The van der Waals surface area contributed by atoms with Crippen LogP contribution in [-0.4, -0.2) is 43.6 Å². The van der Waals surface area contributed by atoms with E-state index in [4.69, 9.17) is 0 Å². The minimum Gasteiger partial charge on any atom is -0.314 e. The Hall–Kier alpha value is -0.130. The van der Waals surface area contributed by atoms with Crippen molar-refractivity contribution >= 4 is 10.0 Å². The molecule has 1 saturated heterocycles. The van der Waals surface area contributed by atoms with Crippen LogP contribution in [-0.2, 0) is 10.0 Å². The summed E-state index contributed by atoms with van der Waals surface area (Å²) in [4.78, 5) is 0. The van der Waals surface area contributed by atoms with Crippen LogP contribution in [0.5, 0.6) is 0 Å². The quantitative estimate of drug-likeness (QED) is 0.833. The van der Waals surface area contributed by atoms with E-state index in [-0.39, 0.29) is 6.04 Å². The Balaban J connectivity index is 1.91. The molecule has 0 aromatic rings. The first-order valence-corrected chi connectivity index (χ1v) is 8.47. The molecular weight excluding hydrogens is 236 g/mol. The number of hydrogen-bond donors (Lipinski definition) is 1. The maximum absolute atomic E-state index is 12.0. The molecule has 0 spiro atoms. The van der Waals surface area contributed by atoms with Crippen molar-refractivity contribution in [3.8, 4) is 0 Å². The Morgan fingerprint density at radius 1 is 1.18 bits per heavy atom. The van der Waals surface area contributed by atoms with Crippen LogP contribution in [0.4, 0.5) is 0 Å². The van der Waals surface area contributed by atoms with E-state index in [1.165, 1.54) is 0 Å². The van der Waals surface area contributed by atoms with Crippen LogP contribution in [0.25, 0.3) is 0 Å². The zero-order valence-corrected chi connectivity index (χ0v) is 11.5. The first-order valence-electron chi connectivity index (χ1n) is 6.86. The van der Waals surface area contributed by atoms with Gasteiger partial charge in [-0.3, -0.25) is 0 Å². The molecule has 1 aliphatic carbocycles. The SMILES string of the molecule is CCNC1CCC(N2CCCCS2(=O)=O)CC1. The molecule has 5 heteroatoms. The highest BCUT2D eigenvalue weighted by molar-refractivity contribution is 7.89. The second-order valence-electron chi connectivity index (χ2n) is 5.20. The largest absolute Gasteiger partial charge is 0.314 e. The summed E-state index contributed by atoms with van der Waals surface area (Å²) < 4.78 is 25.8. The van der Waals surface area contributed by atoms with Crippen molar-refractivity contribution in [3.63, 3.8) is 0 Å². The van der Waals surface area contributed by atoms with Gasteiger partial charge in [0.15, 0.2) is 0 Å². The maximum Gasteiger partial charge on any atom is 0.214 e. The average molecular weight is 260 g/mol. The molecule has 2 aliphatic rings. The van der Waals surface area contributed by atoms with Gasteiger partial charge in [0.25, 0.3) is 0 Å². The van der Waals surface area contributed by atoms with Crippen LogP contribution in [0.3, 0.4) is 0 Å². The van der Waals surface area contributed by atoms with Crippen molar-refractivity contribution < 1.29 is 8.42 Å². The van der Waals surface area contributed by atoms with Gasteiger partial charge in [0.1, 0.15) is 0 Å². The monoisotopic (exact) mass is 260 g/mol. The summed E-state index contributed by atoms with van der Waals surface area (Å²) in [6, 6.07) is 0.874. The Kier molecular flexibility index (Phi) is 4.44. The Morgan fingerprint density at radius 2 is 1.88 bits per heavy atom. The van der Waals surface area contributed by atoms with Gasteiger partial charge >= 0.3 is 0 Å². The fourth-order valence-electron chi connectivity index (χ4n) is 3.07. The van der Waals surface area contributed by atoms with Crippen LogP contribution >= 0.6 is 0 Å². The summed E-state index contributed by atoms with van der Waals surface area (Å²) in [5.41, 5.74) is 0. The van der Waals surface area contributed by atoms with E-state index < -0.39 is 10.0 Å². The molecule has 0 aromatic carbocycles. The standard InChI is InChI=1S/C12H24N2O2S/c1-2-13-11-5-7-12(8-6-11)14-9-3-4-10-17(14,15)16/h11-13H,2-10H2,1H3. The lowest BCUT2D eigenvalue weighted by Crippen LogP contribution is -2.48. The molecule has 1 N–H and O–H groups in total. The Morgan fingerprint density at radius 3 is 2.47 bits per heavy atom. The van der Waals surface area contributed by atoms with Crippen LogP contribution in [0.2, 0.25) is 0 Å². The van der Waals surface area contributed by atoms with Gasteiger partial charge in [0, 0.05) is 18.6 Å². The number of hydrogen-bond acceptors (Lipinski definition) is 3. The van der Waals surface area contributed by atoms with Gasteiger partial charge in [0.2, 0.25) is 10.0 Å². The third-order valence-electron chi connectivity index (χ3n) is 3.98. The van der Waals surface area contributed by atoms with Crippen molar-refractivity contribution in [2.24, 2.45) is 0 Å². The van der Waals surface area contributed by atoms with Crippen LogP contribution < -0.4 is 5.32 Å². The molecular formula is C12H24N2O2S. The summed E-state index contributed by atoms with van der Waals surface area (Å²) in [6.07, 6.45) is 6.15. The zero-order chi connectivity index (χ0) is 12.3. The first kappa shape index (κ1) is 13.3. The zero-order valence-electron chi connectivity index (χ0n) is 10.7. The van der Waals surface area contributed by atoms with Gasteiger partial charge in [-0.1, -0.05) is 6.92 Å². The normalized spacial score (nSPS) is 34.6. The molecule has 2 rings (SSSR count). The van der Waals surface area contributed by atoms with Gasteiger partial charge in [-0.25, -0.2) is 8.42 Å². The van der Waals surface area contributed by atoms with Crippen molar-refractivity contribution in [2.45, 2.75) is 57.5 Å². The second-order valence-corrected chi connectivity index (χ2v) is 7.24. The lowest BCUT2D eigenvalue weighted by atomic mass is 9.91. The van der Waals surface area contributed by atoms with Gasteiger partial charge in [-0.05, 0) is 45.1 Å². The average Bonchev–Trinajstić information content (AvgIpc) is 2.30. The van der Waals surface area contributed by atoms with Crippen LogP contribution in [0, 0.1) is 0 Å². The predicted molar refractivity (Wildman–Crippen MR) is 69.4 cm³/mol. The summed E-state index contributed by atoms with van der Waals surface area (Å²) >= 11 is 0. The molecule has 0 atom stereocenters. The molecule has 1 saturated carbocycles. The van der Waals surface area contributed by atoms with E-state index in [9.17, 15) is 8.42 Å². The molecule has 1 heterocycles. The minimum atomic E-state index is -2.94. The van der Waals surface area contributed by atoms with Crippen LogP contribution in [0.1, 0.15) is 45.4 Å². The van der Waals surface area contributed by atoms with Gasteiger partial charge in [-0.15, -0.1) is 0 Å². The fourth-order valence-corrected chi connectivity index (χ4v) is 4.95. The van der Waals surface area contributed by atoms with Gasteiger partial charge in [-0.2, -0.15) is 4.31 Å². The topological polar surface area (TPSA) is 49.4 Å². The lowest BCUT2D eigenvalue weighted by Gasteiger charge is -2.38. The summed E-state index contributed by atoms with van der Waals surface area (Å²) in [5.74, 6) is 0.361. The number of nitrogens with one attached hydrogen (secondary N) is 1. The number of nitrogens with zero attached hydrogens (tertiary/aromatic N) is 1. The predicted octanol–water partition coefficient (Wildman–Crippen LogP) is 1.33. The Bertz CT molecular complexity index is 334. The molecule has 0 unspecified atom stereocenters. The summed E-state index contributed by atoms with van der Waals surface area (Å²) in [7, 11) is -2.94. The van der Waals surface area contributed by atoms with E-state index in [0.29, 0.717) is 11.8 Å². The van der Waals surface area contributed by atoms with E-state index in [1.807, 2.05) is 0 Å². The Labute approximate surface area is 105 Å². The second kappa shape index (κ2) is 5.67. The minimum absolute atomic E-state index is 0.273. The highest BCUT2D eigenvalue weighted by atomic mass is 32.2.